The topological polar surface area (TPSA) is 91.5 Å². The number of benzene rings is 1. The lowest BCUT2D eigenvalue weighted by atomic mass is 9.83. The van der Waals surface area contributed by atoms with Crippen molar-refractivity contribution in [3.05, 3.63) is 77.2 Å². The van der Waals surface area contributed by atoms with E-state index < -0.39 is 11.5 Å². The smallest absolute Gasteiger partial charge is 0.264 e. The molecule has 1 aromatic carbocycles. The Morgan fingerprint density at radius 2 is 1.94 bits per heavy atom. The van der Waals surface area contributed by atoms with Gasteiger partial charge >= 0.3 is 0 Å². The summed E-state index contributed by atoms with van der Waals surface area (Å²) in [5, 5.41) is 28.8. The fourth-order valence-corrected chi connectivity index (χ4v) is 4.34. The first-order chi connectivity index (χ1) is 16.8. The van der Waals surface area contributed by atoms with Crippen LogP contribution in [0.25, 0.3) is 0 Å². The minimum absolute atomic E-state index is 0.0481. The van der Waals surface area contributed by atoms with E-state index in [1.54, 1.807) is 9.58 Å². The number of anilines is 1. The van der Waals surface area contributed by atoms with E-state index in [1.165, 1.54) is 11.1 Å². The van der Waals surface area contributed by atoms with Gasteiger partial charge in [-0.3, -0.25) is 9.48 Å². The maximum Gasteiger partial charge on any atom is 0.264 e. The van der Waals surface area contributed by atoms with Crippen molar-refractivity contribution >= 4 is 11.6 Å². The first-order valence-electron chi connectivity index (χ1n) is 12.4. The van der Waals surface area contributed by atoms with Crippen LogP contribution in [0.1, 0.15) is 58.2 Å². The van der Waals surface area contributed by atoms with Gasteiger partial charge < -0.3 is 15.1 Å². The predicted molar refractivity (Wildman–Crippen MR) is 139 cm³/mol. The number of hydrogen-bond donors (Lipinski definition) is 2. The van der Waals surface area contributed by atoms with E-state index in [-0.39, 0.29) is 12.5 Å². The monoisotopic (exact) mass is 478 g/mol. The van der Waals surface area contributed by atoms with Crippen molar-refractivity contribution in [2.45, 2.75) is 65.5 Å². The van der Waals surface area contributed by atoms with Gasteiger partial charge in [0.25, 0.3) is 5.91 Å². The predicted octanol–water partition coefficient (Wildman–Crippen LogP) is 4.32. The molecular formula is C28H38N4O3. The summed E-state index contributed by atoms with van der Waals surface area (Å²) in [6, 6.07) is 7.52. The molecule has 0 saturated carbocycles. The molecule has 1 aliphatic heterocycles. The number of aliphatic hydroxyl groups is 2. The SMILES string of the molecule is CC(C)=CCC/C(C)=C/CN1C(=O)[C@](O)([C@H](C)/C=C/CCn2cc(CCO)nn2)c2ccccc21. The molecular weight excluding hydrogens is 440 g/mol. The second-order valence-corrected chi connectivity index (χ2v) is 9.52. The van der Waals surface area contributed by atoms with Crippen LogP contribution in [-0.4, -0.2) is 44.3 Å². The van der Waals surface area contributed by atoms with E-state index in [0.717, 1.165) is 24.2 Å². The van der Waals surface area contributed by atoms with Gasteiger partial charge in [0.2, 0.25) is 0 Å². The Kier molecular flexibility index (Phi) is 9.18. The van der Waals surface area contributed by atoms with Crippen LogP contribution in [0, 0.1) is 5.92 Å². The maximum atomic E-state index is 13.5. The van der Waals surface area contributed by atoms with Crippen LogP contribution in [-0.2, 0) is 23.4 Å². The van der Waals surface area contributed by atoms with Gasteiger partial charge in [0, 0.05) is 43.8 Å². The third kappa shape index (κ3) is 6.35. The lowest BCUT2D eigenvalue weighted by Crippen LogP contribution is -2.44. The average molecular weight is 479 g/mol. The zero-order chi connectivity index (χ0) is 25.4. The van der Waals surface area contributed by atoms with Gasteiger partial charge in [-0.05, 0) is 46.1 Å². The van der Waals surface area contributed by atoms with Crippen LogP contribution in [0.15, 0.2) is 65.9 Å². The molecule has 35 heavy (non-hydrogen) atoms. The Bertz CT molecular complexity index is 1100. The molecule has 2 atom stereocenters. The first kappa shape index (κ1) is 26.6. The van der Waals surface area contributed by atoms with Crippen molar-refractivity contribution in [2.24, 2.45) is 5.92 Å². The molecule has 0 spiro atoms. The number of para-hydroxylation sites is 1. The van der Waals surface area contributed by atoms with Gasteiger partial charge in [0.15, 0.2) is 5.60 Å². The number of hydrogen-bond acceptors (Lipinski definition) is 5. The molecule has 0 radical (unpaired) electrons. The van der Waals surface area contributed by atoms with E-state index in [4.69, 9.17) is 5.11 Å². The Balaban J connectivity index is 1.68. The molecule has 0 saturated heterocycles. The Morgan fingerprint density at radius 1 is 1.17 bits per heavy atom. The van der Waals surface area contributed by atoms with Crippen LogP contribution in [0.3, 0.4) is 0 Å². The third-order valence-corrected chi connectivity index (χ3v) is 6.45. The van der Waals surface area contributed by atoms with Gasteiger partial charge in [0.1, 0.15) is 0 Å². The summed E-state index contributed by atoms with van der Waals surface area (Å²) in [6.07, 6.45) is 13.1. The number of aliphatic hydroxyl groups excluding tert-OH is 1. The number of aryl methyl sites for hydroxylation is 1. The summed E-state index contributed by atoms with van der Waals surface area (Å²) in [4.78, 5) is 15.2. The number of carbonyl (C=O) groups is 1. The van der Waals surface area contributed by atoms with Crippen molar-refractivity contribution in [1.29, 1.82) is 0 Å². The van der Waals surface area contributed by atoms with Crippen molar-refractivity contribution in [3.8, 4) is 0 Å². The second-order valence-electron chi connectivity index (χ2n) is 9.52. The Hall–Kier alpha value is -3.03. The number of aromatic nitrogens is 3. The molecule has 2 aromatic rings. The zero-order valence-corrected chi connectivity index (χ0v) is 21.3. The minimum atomic E-state index is -1.60. The second kappa shape index (κ2) is 12.1. The summed E-state index contributed by atoms with van der Waals surface area (Å²) >= 11 is 0. The van der Waals surface area contributed by atoms with Gasteiger partial charge in [-0.25, -0.2) is 0 Å². The molecule has 2 N–H and O–H groups in total. The number of carbonyl (C=O) groups excluding carboxylic acids is 1. The summed E-state index contributed by atoms with van der Waals surface area (Å²) in [6.45, 7) is 9.28. The molecule has 1 amide bonds. The fourth-order valence-electron chi connectivity index (χ4n) is 4.34. The van der Waals surface area contributed by atoms with Crippen molar-refractivity contribution < 1.29 is 15.0 Å². The Morgan fingerprint density at radius 3 is 2.69 bits per heavy atom. The van der Waals surface area contributed by atoms with Crippen LogP contribution in [0.2, 0.25) is 0 Å². The molecule has 0 unspecified atom stereocenters. The molecule has 0 aliphatic carbocycles. The highest BCUT2D eigenvalue weighted by Gasteiger charge is 2.52. The van der Waals surface area contributed by atoms with E-state index >= 15 is 0 Å². The number of allylic oxidation sites excluding steroid dienone is 4. The highest BCUT2D eigenvalue weighted by Crippen LogP contribution is 2.45. The van der Waals surface area contributed by atoms with Crippen molar-refractivity contribution in [2.75, 3.05) is 18.1 Å². The average Bonchev–Trinajstić information content (AvgIpc) is 3.36. The Labute approximate surface area is 208 Å². The van der Waals surface area contributed by atoms with Crippen LogP contribution >= 0.6 is 0 Å². The largest absolute Gasteiger partial charge is 0.396 e. The van der Waals surface area contributed by atoms with Crippen LogP contribution in [0.5, 0.6) is 0 Å². The van der Waals surface area contributed by atoms with Gasteiger partial charge in [-0.1, -0.05) is 65.8 Å². The van der Waals surface area contributed by atoms with Crippen LogP contribution in [0.4, 0.5) is 5.69 Å². The summed E-state index contributed by atoms with van der Waals surface area (Å²) in [5.74, 6) is -0.682. The molecule has 7 heteroatoms. The van der Waals surface area contributed by atoms with Gasteiger partial charge in [-0.2, -0.15) is 0 Å². The van der Waals surface area contributed by atoms with E-state index in [1.807, 2.05) is 49.5 Å². The molecule has 0 fully saturated rings. The standard InChI is InChI=1S/C28H38N4O3/c1-21(2)10-9-11-22(3)15-18-32-26-14-6-5-13-25(26)28(35,27(32)34)23(4)12-7-8-17-31-20-24(16-19-33)29-30-31/h5-7,10,12-15,20,23,33,35H,8-9,11,16-19H2,1-4H3/b12-7+,22-15+/t23-,28+/m1/s1. The number of fused-ring (bicyclic) bond motifs is 1. The summed E-state index contributed by atoms with van der Waals surface area (Å²) in [5.41, 5.74) is 3.12. The molecule has 3 rings (SSSR count). The van der Waals surface area contributed by atoms with Crippen LogP contribution < -0.4 is 4.90 Å². The zero-order valence-electron chi connectivity index (χ0n) is 21.3. The molecule has 0 bridgehead atoms. The van der Waals surface area contributed by atoms with E-state index in [0.29, 0.717) is 31.5 Å². The molecule has 1 aliphatic rings. The van der Waals surface area contributed by atoms with E-state index in [2.05, 4.69) is 43.2 Å². The molecule has 188 valence electrons. The van der Waals surface area contributed by atoms with Gasteiger partial charge in [-0.15, -0.1) is 5.10 Å². The lowest BCUT2D eigenvalue weighted by molar-refractivity contribution is -0.139. The van der Waals surface area contributed by atoms with E-state index in [9.17, 15) is 9.90 Å². The highest BCUT2D eigenvalue weighted by molar-refractivity contribution is 6.07. The van der Waals surface area contributed by atoms with Crippen molar-refractivity contribution in [3.63, 3.8) is 0 Å². The lowest BCUT2D eigenvalue weighted by Gasteiger charge is -2.27. The number of rotatable bonds is 12. The molecule has 2 heterocycles. The number of nitrogens with zero attached hydrogens (tertiary/aromatic N) is 4. The first-order valence-corrected chi connectivity index (χ1v) is 12.4. The summed E-state index contributed by atoms with van der Waals surface area (Å²) in [7, 11) is 0. The van der Waals surface area contributed by atoms with Crippen molar-refractivity contribution in [1.82, 2.24) is 15.0 Å². The maximum absolute atomic E-state index is 13.5. The molecule has 7 nitrogen and oxygen atoms in total. The minimum Gasteiger partial charge on any atom is -0.396 e. The third-order valence-electron chi connectivity index (χ3n) is 6.45. The highest BCUT2D eigenvalue weighted by atomic mass is 16.3. The number of amides is 1. The molecule has 1 aromatic heterocycles. The van der Waals surface area contributed by atoms with Gasteiger partial charge in [0.05, 0.1) is 11.4 Å². The normalized spacial score (nSPS) is 18.9. The summed E-state index contributed by atoms with van der Waals surface area (Å²) < 4.78 is 1.73. The quantitative estimate of drug-likeness (QED) is 0.443. The fraction of sp³-hybridized carbons (Fsp3) is 0.464.